The van der Waals surface area contributed by atoms with Gasteiger partial charge >= 0.3 is 0 Å². The summed E-state index contributed by atoms with van der Waals surface area (Å²) in [6.07, 6.45) is 7.35. The molecule has 1 N–H and O–H groups in total. The van der Waals surface area contributed by atoms with Crippen LogP contribution in [0.1, 0.15) is 25.7 Å². The van der Waals surface area contributed by atoms with Crippen molar-refractivity contribution in [3.05, 3.63) is 23.2 Å². The van der Waals surface area contributed by atoms with Crippen LogP contribution in [0.5, 0.6) is 0 Å². The first-order valence-corrected chi connectivity index (χ1v) is 9.08. The van der Waals surface area contributed by atoms with Crippen LogP contribution in [0, 0.1) is 0 Å². The maximum atomic E-state index is 5.99. The molecule has 1 heterocycles. The minimum Gasteiger partial charge on any atom is -0.359 e. The summed E-state index contributed by atoms with van der Waals surface area (Å²) in [6, 6.07) is 6.49. The summed E-state index contributed by atoms with van der Waals surface area (Å²) >= 11 is 9.72. The van der Waals surface area contributed by atoms with E-state index in [9.17, 15) is 0 Å². The van der Waals surface area contributed by atoms with Crippen LogP contribution >= 0.6 is 34.7 Å². The number of rotatable bonds is 3. The highest BCUT2D eigenvalue weighted by atomic mass is 35.5. The van der Waals surface area contributed by atoms with Crippen LogP contribution in [0.25, 0.3) is 10.2 Å². The van der Waals surface area contributed by atoms with Crippen molar-refractivity contribution < 1.29 is 0 Å². The van der Waals surface area contributed by atoms with Gasteiger partial charge in [0, 0.05) is 16.3 Å². The van der Waals surface area contributed by atoms with E-state index in [0.29, 0.717) is 6.04 Å². The van der Waals surface area contributed by atoms with Crippen molar-refractivity contribution in [3.63, 3.8) is 0 Å². The van der Waals surface area contributed by atoms with Crippen LogP contribution in [-0.4, -0.2) is 22.5 Å². The number of aromatic nitrogens is 1. The molecule has 1 saturated carbocycles. The number of hydrogen-bond donors (Lipinski definition) is 1. The number of anilines is 1. The van der Waals surface area contributed by atoms with Crippen molar-refractivity contribution in [3.8, 4) is 0 Å². The fraction of sp³-hybridized carbons (Fsp3) is 0.500. The standard InChI is InChI=1S/C14H17ClN2S2/c1-18-11-5-3-10(4-6-11)16-14-17-12-8-9(15)2-7-13(12)19-14/h2,7-8,10-11H,3-6H2,1H3,(H,16,17). The molecule has 1 aromatic carbocycles. The summed E-state index contributed by atoms with van der Waals surface area (Å²) < 4.78 is 1.20. The molecule has 0 amide bonds. The summed E-state index contributed by atoms with van der Waals surface area (Å²) in [4.78, 5) is 4.62. The van der Waals surface area contributed by atoms with E-state index < -0.39 is 0 Å². The first-order chi connectivity index (χ1) is 9.24. The third-order valence-electron chi connectivity index (χ3n) is 3.68. The molecular weight excluding hydrogens is 296 g/mol. The number of fused-ring (bicyclic) bond motifs is 1. The zero-order chi connectivity index (χ0) is 13.2. The van der Waals surface area contributed by atoms with Gasteiger partial charge in [0.1, 0.15) is 0 Å². The lowest BCUT2D eigenvalue weighted by Crippen LogP contribution is -2.26. The second-order valence-corrected chi connectivity index (χ2v) is 7.59. The fourth-order valence-corrected chi connectivity index (χ4v) is 4.41. The van der Waals surface area contributed by atoms with E-state index in [-0.39, 0.29) is 0 Å². The minimum atomic E-state index is 0.583. The Labute approximate surface area is 126 Å². The second-order valence-electron chi connectivity index (χ2n) is 4.98. The zero-order valence-electron chi connectivity index (χ0n) is 10.9. The molecule has 19 heavy (non-hydrogen) atoms. The summed E-state index contributed by atoms with van der Waals surface area (Å²) in [6.45, 7) is 0. The van der Waals surface area contributed by atoms with Crippen LogP contribution in [0.4, 0.5) is 5.13 Å². The lowest BCUT2D eigenvalue weighted by atomic mass is 9.95. The quantitative estimate of drug-likeness (QED) is 0.860. The summed E-state index contributed by atoms with van der Waals surface area (Å²) in [5.41, 5.74) is 0.998. The SMILES string of the molecule is CSC1CCC(Nc2nc3cc(Cl)ccc3s2)CC1. The van der Waals surface area contributed by atoms with Gasteiger partial charge in [-0.2, -0.15) is 11.8 Å². The van der Waals surface area contributed by atoms with Gasteiger partial charge in [0.15, 0.2) is 5.13 Å². The molecule has 0 saturated heterocycles. The van der Waals surface area contributed by atoms with Crippen molar-refractivity contribution in [2.45, 2.75) is 37.0 Å². The molecule has 5 heteroatoms. The average Bonchev–Trinajstić information content (AvgIpc) is 2.81. The summed E-state index contributed by atoms with van der Waals surface area (Å²) in [5, 5.41) is 6.23. The molecule has 102 valence electrons. The molecule has 0 aliphatic heterocycles. The Bertz CT molecular complexity index is 562. The lowest BCUT2D eigenvalue weighted by molar-refractivity contribution is 0.473. The molecule has 0 spiro atoms. The van der Waals surface area contributed by atoms with Crippen molar-refractivity contribution in [1.82, 2.24) is 4.98 Å². The van der Waals surface area contributed by atoms with Crippen LogP contribution < -0.4 is 5.32 Å². The molecule has 0 bridgehead atoms. The second kappa shape index (κ2) is 5.90. The maximum Gasteiger partial charge on any atom is 0.184 e. The smallest absolute Gasteiger partial charge is 0.184 e. The molecule has 3 rings (SSSR count). The maximum absolute atomic E-state index is 5.99. The first-order valence-electron chi connectivity index (χ1n) is 6.60. The Kier molecular flexibility index (Phi) is 4.20. The van der Waals surface area contributed by atoms with Gasteiger partial charge in [-0.05, 0) is 50.1 Å². The van der Waals surface area contributed by atoms with Gasteiger partial charge in [0.2, 0.25) is 0 Å². The van der Waals surface area contributed by atoms with Crippen molar-refractivity contribution in [2.75, 3.05) is 11.6 Å². The molecule has 1 fully saturated rings. The Morgan fingerprint density at radius 3 is 2.84 bits per heavy atom. The zero-order valence-corrected chi connectivity index (χ0v) is 13.2. The number of thiazole rings is 1. The largest absolute Gasteiger partial charge is 0.359 e. The van der Waals surface area contributed by atoms with Gasteiger partial charge < -0.3 is 5.32 Å². The highest BCUT2D eigenvalue weighted by Gasteiger charge is 2.21. The van der Waals surface area contributed by atoms with E-state index in [0.717, 1.165) is 20.9 Å². The molecule has 0 atom stereocenters. The van der Waals surface area contributed by atoms with Crippen LogP contribution in [0.15, 0.2) is 18.2 Å². The van der Waals surface area contributed by atoms with Gasteiger partial charge in [-0.25, -0.2) is 4.98 Å². The molecule has 0 radical (unpaired) electrons. The molecule has 1 aromatic heterocycles. The van der Waals surface area contributed by atoms with E-state index in [1.54, 1.807) is 11.3 Å². The predicted octanol–water partition coefficient (Wildman–Crippen LogP) is 5.04. The lowest BCUT2D eigenvalue weighted by Gasteiger charge is -2.27. The van der Waals surface area contributed by atoms with Crippen LogP contribution in [-0.2, 0) is 0 Å². The van der Waals surface area contributed by atoms with Crippen molar-refractivity contribution >= 4 is 50.0 Å². The van der Waals surface area contributed by atoms with Gasteiger partial charge in [0.05, 0.1) is 10.2 Å². The van der Waals surface area contributed by atoms with Crippen molar-refractivity contribution in [1.29, 1.82) is 0 Å². The van der Waals surface area contributed by atoms with Gasteiger partial charge in [-0.1, -0.05) is 22.9 Å². The van der Waals surface area contributed by atoms with E-state index in [1.807, 2.05) is 30.0 Å². The number of hydrogen-bond acceptors (Lipinski definition) is 4. The fourth-order valence-electron chi connectivity index (χ4n) is 2.58. The Morgan fingerprint density at radius 1 is 1.32 bits per heavy atom. The number of benzene rings is 1. The van der Waals surface area contributed by atoms with Gasteiger partial charge in [-0.15, -0.1) is 0 Å². The van der Waals surface area contributed by atoms with E-state index in [4.69, 9.17) is 11.6 Å². The van der Waals surface area contributed by atoms with E-state index >= 15 is 0 Å². The first kappa shape index (κ1) is 13.5. The Morgan fingerprint density at radius 2 is 2.11 bits per heavy atom. The highest BCUT2D eigenvalue weighted by Crippen LogP contribution is 2.32. The Balaban J connectivity index is 1.68. The number of thioether (sulfide) groups is 1. The molecule has 1 aliphatic carbocycles. The summed E-state index contributed by atoms with van der Waals surface area (Å²) in [5.74, 6) is 0. The number of nitrogens with one attached hydrogen (secondary N) is 1. The van der Waals surface area contributed by atoms with Gasteiger partial charge in [0.25, 0.3) is 0 Å². The molecule has 2 nitrogen and oxygen atoms in total. The van der Waals surface area contributed by atoms with Crippen molar-refractivity contribution in [2.24, 2.45) is 0 Å². The van der Waals surface area contributed by atoms with Crippen LogP contribution in [0.3, 0.4) is 0 Å². The monoisotopic (exact) mass is 312 g/mol. The minimum absolute atomic E-state index is 0.583. The molecule has 1 aliphatic rings. The third kappa shape index (κ3) is 3.18. The Hall–Kier alpha value is -0.450. The van der Waals surface area contributed by atoms with E-state index in [1.165, 1.54) is 30.4 Å². The highest BCUT2D eigenvalue weighted by molar-refractivity contribution is 7.99. The van der Waals surface area contributed by atoms with Gasteiger partial charge in [-0.3, -0.25) is 0 Å². The molecular formula is C14H17ClN2S2. The molecule has 0 unspecified atom stereocenters. The van der Waals surface area contributed by atoms with E-state index in [2.05, 4.69) is 16.6 Å². The summed E-state index contributed by atoms with van der Waals surface area (Å²) in [7, 11) is 0. The number of nitrogens with zero attached hydrogens (tertiary/aromatic N) is 1. The average molecular weight is 313 g/mol. The molecule has 2 aromatic rings. The third-order valence-corrected chi connectivity index (χ3v) is 6.03. The van der Waals surface area contributed by atoms with Crippen LogP contribution in [0.2, 0.25) is 5.02 Å². The predicted molar refractivity (Wildman–Crippen MR) is 87.8 cm³/mol. The topological polar surface area (TPSA) is 24.9 Å². The number of halogens is 1. The normalized spacial score (nSPS) is 23.7.